The number of aryl methyl sites for hydroxylation is 1. The van der Waals surface area contributed by atoms with Crippen molar-refractivity contribution in [2.24, 2.45) is 0 Å². The summed E-state index contributed by atoms with van der Waals surface area (Å²) in [6.45, 7) is 4.35. The average Bonchev–Trinajstić information content (AvgIpc) is 3.08. The number of benzene rings is 1. The second kappa shape index (κ2) is 5.77. The Hall–Kier alpha value is -2.01. The SMILES string of the molecule is CCc1ccc(CN2CCN(c3ccc(N)cc3)C2=O)s1. The van der Waals surface area contributed by atoms with Gasteiger partial charge in [0.15, 0.2) is 0 Å². The highest BCUT2D eigenvalue weighted by Gasteiger charge is 2.29. The van der Waals surface area contributed by atoms with Crippen molar-refractivity contribution >= 4 is 28.7 Å². The molecule has 2 aromatic rings. The molecule has 21 heavy (non-hydrogen) atoms. The maximum atomic E-state index is 12.5. The van der Waals surface area contributed by atoms with Crippen LogP contribution in [0.2, 0.25) is 0 Å². The molecule has 0 saturated carbocycles. The van der Waals surface area contributed by atoms with E-state index in [4.69, 9.17) is 5.73 Å². The Bertz CT molecular complexity index is 635. The second-order valence-corrected chi connectivity index (χ2v) is 6.42. The summed E-state index contributed by atoms with van der Waals surface area (Å²) in [5.41, 5.74) is 7.32. The lowest BCUT2D eigenvalue weighted by Crippen LogP contribution is -2.31. The molecule has 0 radical (unpaired) electrons. The standard InChI is InChI=1S/C16H19N3OS/c1-2-14-7-8-15(21-14)11-18-9-10-19(16(18)20)13-5-3-12(17)4-6-13/h3-8H,2,9-11,17H2,1H3. The molecule has 4 nitrogen and oxygen atoms in total. The Kier molecular flexibility index (Phi) is 3.84. The largest absolute Gasteiger partial charge is 0.399 e. The van der Waals surface area contributed by atoms with Crippen LogP contribution in [0.15, 0.2) is 36.4 Å². The van der Waals surface area contributed by atoms with E-state index in [1.165, 1.54) is 9.75 Å². The summed E-state index contributed by atoms with van der Waals surface area (Å²) in [5, 5.41) is 0. The van der Waals surface area contributed by atoms with Crippen molar-refractivity contribution in [3.63, 3.8) is 0 Å². The number of carbonyl (C=O) groups is 1. The van der Waals surface area contributed by atoms with Crippen molar-refractivity contribution in [1.29, 1.82) is 0 Å². The van der Waals surface area contributed by atoms with Gasteiger partial charge in [0.25, 0.3) is 0 Å². The maximum absolute atomic E-state index is 12.5. The number of hydrogen-bond acceptors (Lipinski definition) is 3. The minimum Gasteiger partial charge on any atom is -0.399 e. The normalized spacial score (nSPS) is 15.0. The fourth-order valence-electron chi connectivity index (χ4n) is 2.51. The number of urea groups is 1. The molecule has 1 aromatic heterocycles. The van der Waals surface area contributed by atoms with Gasteiger partial charge in [-0.1, -0.05) is 6.92 Å². The molecular formula is C16H19N3OS. The Morgan fingerprint density at radius 3 is 2.48 bits per heavy atom. The summed E-state index contributed by atoms with van der Waals surface area (Å²) in [7, 11) is 0. The molecule has 1 saturated heterocycles. The highest BCUT2D eigenvalue weighted by molar-refractivity contribution is 7.11. The summed E-state index contributed by atoms with van der Waals surface area (Å²) in [6.07, 6.45) is 1.05. The van der Waals surface area contributed by atoms with Crippen molar-refractivity contribution in [1.82, 2.24) is 4.90 Å². The zero-order valence-corrected chi connectivity index (χ0v) is 12.9. The van der Waals surface area contributed by atoms with Crippen LogP contribution in [0.1, 0.15) is 16.7 Å². The summed E-state index contributed by atoms with van der Waals surface area (Å²) in [6, 6.07) is 11.8. The van der Waals surface area contributed by atoms with E-state index < -0.39 is 0 Å². The second-order valence-electron chi connectivity index (χ2n) is 5.17. The molecule has 1 aliphatic rings. The highest BCUT2D eigenvalue weighted by Crippen LogP contribution is 2.24. The van der Waals surface area contributed by atoms with E-state index in [-0.39, 0.29) is 6.03 Å². The zero-order valence-electron chi connectivity index (χ0n) is 12.1. The van der Waals surface area contributed by atoms with E-state index in [1.54, 1.807) is 11.3 Å². The predicted molar refractivity (Wildman–Crippen MR) is 87.7 cm³/mol. The summed E-state index contributed by atoms with van der Waals surface area (Å²) in [5.74, 6) is 0. The van der Waals surface area contributed by atoms with Crippen LogP contribution in [-0.4, -0.2) is 24.0 Å². The third-order valence-corrected chi connectivity index (χ3v) is 4.93. The van der Waals surface area contributed by atoms with Gasteiger partial charge in [-0.25, -0.2) is 4.79 Å². The van der Waals surface area contributed by atoms with E-state index in [2.05, 4.69) is 19.1 Å². The molecule has 0 unspecified atom stereocenters. The van der Waals surface area contributed by atoms with Crippen LogP contribution >= 0.6 is 11.3 Å². The number of amides is 2. The van der Waals surface area contributed by atoms with Crippen molar-refractivity contribution in [2.45, 2.75) is 19.9 Å². The number of thiophene rings is 1. The quantitative estimate of drug-likeness (QED) is 0.881. The van der Waals surface area contributed by atoms with Crippen molar-refractivity contribution in [2.75, 3.05) is 23.7 Å². The zero-order chi connectivity index (χ0) is 14.8. The number of nitrogens with zero attached hydrogens (tertiary/aromatic N) is 2. The minimum atomic E-state index is 0.0752. The molecule has 1 fully saturated rings. The first-order valence-electron chi connectivity index (χ1n) is 7.17. The van der Waals surface area contributed by atoms with E-state index in [1.807, 2.05) is 34.1 Å². The smallest absolute Gasteiger partial charge is 0.324 e. The Balaban J connectivity index is 1.69. The molecule has 1 aromatic carbocycles. The van der Waals surface area contributed by atoms with Gasteiger partial charge in [0.05, 0.1) is 6.54 Å². The van der Waals surface area contributed by atoms with Gasteiger partial charge >= 0.3 is 6.03 Å². The van der Waals surface area contributed by atoms with Gasteiger partial charge < -0.3 is 10.6 Å². The van der Waals surface area contributed by atoms with Gasteiger partial charge in [-0.3, -0.25) is 4.90 Å². The molecule has 0 atom stereocenters. The fraction of sp³-hybridized carbons (Fsp3) is 0.312. The van der Waals surface area contributed by atoms with E-state index in [0.717, 1.165) is 25.2 Å². The Morgan fingerprint density at radius 2 is 1.81 bits per heavy atom. The van der Waals surface area contributed by atoms with Crippen LogP contribution in [-0.2, 0) is 13.0 Å². The molecule has 0 spiro atoms. The van der Waals surface area contributed by atoms with E-state index >= 15 is 0 Å². The van der Waals surface area contributed by atoms with E-state index in [9.17, 15) is 4.79 Å². The maximum Gasteiger partial charge on any atom is 0.324 e. The molecule has 2 N–H and O–H groups in total. The Labute approximate surface area is 128 Å². The van der Waals surface area contributed by atoms with E-state index in [0.29, 0.717) is 12.2 Å². The van der Waals surface area contributed by atoms with Crippen molar-refractivity contribution in [3.05, 3.63) is 46.2 Å². The van der Waals surface area contributed by atoms with Crippen LogP contribution in [0.5, 0.6) is 0 Å². The summed E-state index contributed by atoms with van der Waals surface area (Å²) >= 11 is 1.79. The number of rotatable bonds is 4. The van der Waals surface area contributed by atoms with Crippen LogP contribution in [0.3, 0.4) is 0 Å². The molecule has 0 aliphatic carbocycles. The Morgan fingerprint density at radius 1 is 1.10 bits per heavy atom. The van der Waals surface area contributed by atoms with Crippen LogP contribution < -0.4 is 10.6 Å². The summed E-state index contributed by atoms with van der Waals surface area (Å²) < 4.78 is 0. The fourth-order valence-corrected chi connectivity index (χ4v) is 3.48. The average molecular weight is 301 g/mol. The van der Waals surface area contributed by atoms with Gasteiger partial charge in [-0.2, -0.15) is 0 Å². The first-order chi connectivity index (χ1) is 10.2. The highest BCUT2D eigenvalue weighted by atomic mass is 32.1. The van der Waals surface area contributed by atoms with Gasteiger partial charge in [-0.05, 0) is 42.8 Å². The molecular weight excluding hydrogens is 282 g/mol. The lowest BCUT2D eigenvalue weighted by atomic mass is 10.2. The first kappa shape index (κ1) is 13.9. The molecule has 3 rings (SSSR count). The molecule has 1 aliphatic heterocycles. The molecule has 0 bridgehead atoms. The van der Waals surface area contributed by atoms with Gasteiger partial charge in [-0.15, -0.1) is 11.3 Å². The molecule has 110 valence electrons. The third kappa shape index (κ3) is 2.88. The van der Waals surface area contributed by atoms with Crippen molar-refractivity contribution in [3.8, 4) is 0 Å². The number of hydrogen-bond donors (Lipinski definition) is 1. The number of nitrogen functional groups attached to an aromatic ring is 1. The molecule has 5 heteroatoms. The van der Waals surface area contributed by atoms with Crippen LogP contribution in [0, 0.1) is 0 Å². The van der Waals surface area contributed by atoms with Crippen LogP contribution in [0.25, 0.3) is 0 Å². The van der Waals surface area contributed by atoms with Gasteiger partial charge in [0.2, 0.25) is 0 Å². The molecule has 2 heterocycles. The van der Waals surface area contributed by atoms with Gasteiger partial charge in [0, 0.05) is 34.2 Å². The lowest BCUT2D eigenvalue weighted by molar-refractivity contribution is 0.219. The third-order valence-electron chi connectivity index (χ3n) is 3.71. The number of carbonyl (C=O) groups excluding carboxylic acids is 1. The lowest BCUT2D eigenvalue weighted by Gasteiger charge is -2.18. The van der Waals surface area contributed by atoms with Gasteiger partial charge in [0.1, 0.15) is 0 Å². The minimum absolute atomic E-state index is 0.0752. The summed E-state index contributed by atoms with van der Waals surface area (Å²) in [4.78, 5) is 18.8. The topological polar surface area (TPSA) is 49.6 Å². The van der Waals surface area contributed by atoms with Crippen LogP contribution in [0.4, 0.5) is 16.2 Å². The van der Waals surface area contributed by atoms with Crippen molar-refractivity contribution < 1.29 is 4.79 Å². The molecule has 2 amide bonds. The number of anilines is 2. The number of nitrogens with two attached hydrogens (primary N) is 1. The monoisotopic (exact) mass is 301 g/mol. The first-order valence-corrected chi connectivity index (χ1v) is 7.98. The predicted octanol–water partition coefficient (Wildman–Crippen LogP) is 3.33.